The zero-order chi connectivity index (χ0) is 16.0. The van der Waals surface area contributed by atoms with Crippen molar-refractivity contribution in [1.29, 1.82) is 0 Å². The van der Waals surface area contributed by atoms with Crippen LogP contribution >= 0.6 is 0 Å². The molecule has 6 nitrogen and oxygen atoms in total. The van der Waals surface area contributed by atoms with Crippen LogP contribution in [0.2, 0.25) is 0 Å². The van der Waals surface area contributed by atoms with E-state index < -0.39 is 27.1 Å². The molecule has 114 valence electrons. The van der Waals surface area contributed by atoms with Gasteiger partial charge in [-0.25, -0.2) is 12.8 Å². The molecule has 0 aliphatic heterocycles. The van der Waals surface area contributed by atoms with Gasteiger partial charge in [0.25, 0.3) is 0 Å². The zero-order valence-corrected chi connectivity index (χ0v) is 12.2. The number of hydrogen-bond donors (Lipinski definition) is 2. The van der Waals surface area contributed by atoms with Gasteiger partial charge >= 0.3 is 5.97 Å². The summed E-state index contributed by atoms with van der Waals surface area (Å²) in [6.45, 7) is 0.764. The highest BCUT2D eigenvalue weighted by Gasteiger charge is 2.29. The summed E-state index contributed by atoms with van der Waals surface area (Å²) >= 11 is 0. The molecule has 1 unspecified atom stereocenters. The monoisotopic (exact) mass is 315 g/mol. The van der Waals surface area contributed by atoms with Gasteiger partial charge in [0.15, 0.2) is 5.25 Å². The number of esters is 1. The standard InChI is InChI=1S/C13H14FNO5S/c1-9(13(17)20-2)21(18,19)15-12-6-5-10(4-3-7-16)8-11(12)14/h5-6,8-9,15-16H,7H2,1-2H3. The van der Waals surface area contributed by atoms with Gasteiger partial charge in [-0.3, -0.25) is 9.52 Å². The molecule has 2 N–H and O–H groups in total. The van der Waals surface area contributed by atoms with Gasteiger partial charge in [-0.1, -0.05) is 11.8 Å². The van der Waals surface area contributed by atoms with Crippen LogP contribution in [0, 0.1) is 17.7 Å². The molecule has 21 heavy (non-hydrogen) atoms. The number of anilines is 1. The van der Waals surface area contributed by atoms with Crippen molar-refractivity contribution >= 4 is 21.7 Å². The van der Waals surface area contributed by atoms with Gasteiger partial charge < -0.3 is 9.84 Å². The van der Waals surface area contributed by atoms with Crippen LogP contribution in [0.15, 0.2) is 18.2 Å². The van der Waals surface area contributed by atoms with Gasteiger partial charge in [0.1, 0.15) is 12.4 Å². The summed E-state index contributed by atoms with van der Waals surface area (Å²) in [5, 5.41) is 7.06. The summed E-state index contributed by atoms with van der Waals surface area (Å²) in [7, 11) is -3.06. The first kappa shape index (κ1) is 16.9. The molecule has 1 aromatic rings. The maximum Gasteiger partial charge on any atom is 0.325 e. The highest BCUT2D eigenvalue weighted by molar-refractivity contribution is 7.94. The molecule has 0 fully saturated rings. The minimum Gasteiger partial charge on any atom is -0.468 e. The zero-order valence-electron chi connectivity index (χ0n) is 11.4. The molecule has 8 heteroatoms. The number of carbonyl (C=O) groups is 1. The molecule has 1 aromatic carbocycles. The molecule has 0 aliphatic carbocycles. The van der Waals surface area contributed by atoms with E-state index in [1.807, 2.05) is 4.72 Å². The summed E-state index contributed by atoms with van der Waals surface area (Å²) in [5.74, 6) is 3.03. The van der Waals surface area contributed by atoms with E-state index in [-0.39, 0.29) is 17.9 Å². The quantitative estimate of drug-likeness (QED) is 0.622. The number of carbonyl (C=O) groups excluding carboxylic acids is 1. The third-order valence-electron chi connectivity index (χ3n) is 2.53. The summed E-state index contributed by atoms with van der Waals surface area (Å²) in [6, 6.07) is 3.58. The Morgan fingerprint density at radius 3 is 2.71 bits per heavy atom. The van der Waals surface area contributed by atoms with Crippen molar-refractivity contribution in [2.75, 3.05) is 18.4 Å². The fourth-order valence-electron chi connectivity index (χ4n) is 1.35. The molecule has 0 heterocycles. The fraction of sp³-hybridized carbons (Fsp3) is 0.308. The first-order valence-corrected chi connectivity index (χ1v) is 7.35. The predicted molar refractivity (Wildman–Crippen MR) is 74.4 cm³/mol. The van der Waals surface area contributed by atoms with Crippen LogP contribution in [0.25, 0.3) is 0 Å². The number of nitrogens with one attached hydrogen (secondary N) is 1. The van der Waals surface area contributed by atoms with E-state index in [9.17, 15) is 17.6 Å². The highest BCUT2D eigenvalue weighted by Crippen LogP contribution is 2.18. The third-order valence-corrected chi connectivity index (χ3v) is 4.16. The normalized spacial score (nSPS) is 12.0. The van der Waals surface area contributed by atoms with Gasteiger partial charge in [0.05, 0.1) is 12.8 Å². The topological polar surface area (TPSA) is 92.7 Å². The predicted octanol–water partition coefficient (Wildman–Crippen LogP) is 0.473. The molecule has 1 atom stereocenters. The van der Waals surface area contributed by atoms with Crippen molar-refractivity contribution in [3.63, 3.8) is 0 Å². The molecule has 0 aromatic heterocycles. The Morgan fingerprint density at radius 2 is 2.19 bits per heavy atom. The van der Waals surface area contributed by atoms with Crippen LogP contribution in [0.5, 0.6) is 0 Å². The molecule has 0 aliphatic rings. The number of rotatable bonds is 4. The van der Waals surface area contributed by atoms with Crippen molar-refractivity contribution < 1.29 is 27.4 Å². The first-order valence-electron chi connectivity index (χ1n) is 5.80. The van der Waals surface area contributed by atoms with Crippen molar-refractivity contribution in [1.82, 2.24) is 0 Å². The van der Waals surface area contributed by atoms with Gasteiger partial charge in [-0.05, 0) is 25.1 Å². The Labute approximate surface area is 122 Å². The Hall–Kier alpha value is -2.11. The smallest absolute Gasteiger partial charge is 0.325 e. The van der Waals surface area contributed by atoms with Gasteiger partial charge in [0, 0.05) is 5.56 Å². The number of benzene rings is 1. The van der Waals surface area contributed by atoms with Crippen LogP contribution in [-0.2, 0) is 19.6 Å². The lowest BCUT2D eigenvalue weighted by atomic mass is 10.2. The molecule has 0 radical (unpaired) electrons. The lowest BCUT2D eigenvalue weighted by molar-refractivity contribution is -0.139. The molecule has 0 bridgehead atoms. The minimum absolute atomic E-state index is 0.283. The van der Waals surface area contributed by atoms with E-state index in [1.54, 1.807) is 0 Å². The van der Waals surface area contributed by atoms with E-state index in [4.69, 9.17) is 5.11 Å². The van der Waals surface area contributed by atoms with E-state index in [2.05, 4.69) is 16.6 Å². The SMILES string of the molecule is COC(=O)C(C)S(=O)(=O)Nc1ccc(C#CCO)cc1F. The summed E-state index contributed by atoms with van der Waals surface area (Å²) < 4.78 is 43.8. The average Bonchev–Trinajstić information content (AvgIpc) is 2.45. The number of ether oxygens (including phenoxy) is 1. The maximum absolute atomic E-state index is 13.8. The second kappa shape index (κ2) is 7.06. The second-order valence-electron chi connectivity index (χ2n) is 3.97. The number of methoxy groups -OCH3 is 1. The van der Waals surface area contributed by atoms with Crippen LogP contribution in [0.4, 0.5) is 10.1 Å². The summed E-state index contributed by atoms with van der Waals surface area (Å²) in [5.41, 5.74) is -0.0224. The number of aliphatic hydroxyl groups excluding tert-OH is 1. The van der Waals surface area contributed by atoms with Crippen molar-refractivity contribution in [3.05, 3.63) is 29.6 Å². The number of aliphatic hydroxyl groups is 1. The molecular weight excluding hydrogens is 301 g/mol. The van der Waals surface area contributed by atoms with Crippen molar-refractivity contribution in [3.8, 4) is 11.8 Å². The Bertz CT molecular complexity index is 690. The fourth-order valence-corrected chi connectivity index (χ4v) is 2.35. The molecule has 0 saturated heterocycles. The second-order valence-corrected chi connectivity index (χ2v) is 5.97. The van der Waals surface area contributed by atoms with Gasteiger partial charge in [0.2, 0.25) is 10.0 Å². The molecule has 0 amide bonds. The Kier molecular flexibility index (Phi) is 5.69. The van der Waals surface area contributed by atoms with E-state index in [0.29, 0.717) is 0 Å². The minimum atomic E-state index is -4.12. The summed E-state index contributed by atoms with van der Waals surface area (Å²) in [6.07, 6.45) is 0. The lowest BCUT2D eigenvalue weighted by Crippen LogP contribution is -2.33. The molecular formula is C13H14FNO5S. The van der Waals surface area contributed by atoms with E-state index in [0.717, 1.165) is 20.1 Å². The number of halogens is 1. The molecule has 1 rings (SSSR count). The maximum atomic E-state index is 13.8. The molecule has 0 spiro atoms. The Morgan fingerprint density at radius 1 is 1.52 bits per heavy atom. The van der Waals surface area contributed by atoms with Crippen molar-refractivity contribution in [2.24, 2.45) is 0 Å². The molecule has 0 saturated carbocycles. The van der Waals surface area contributed by atoms with E-state index in [1.165, 1.54) is 12.1 Å². The largest absolute Gasteiger partial charge is 0.468 e. The van der Waals surface area contributed by atoms with Crippen molar-refractivity contribution in [2.45, 2.75) is 12.2 Å². The lowest BCUT2D eigenvalue weighted by Gasteiger charge is -2.13. The third kappa shape index (κ3) is 4.44. The summed E-state index contributed by atoms with van der Waals surface area (Å²) in [4.78, 5) is 11.2. The average molecular weight is 315 g/mol. The van der Waals surface area contributed by atoms with Crippen LogP contribution < -0.4 is 4.72 Å². The number of hydrogen-bond acceptors (Lipinski definition) is 5. The van der Waals surface area contributed by atoms with Crippen LogP contribution in [0.1, 0.15) is 12.5 Å². The van der Waals surface area contributed by atoms with Crippen LogP contribution in [-0.4, -0.2) is 38.5 Å². The van der Waals surface area contributed by atoms with Gasteiger partial charge in [-0.15, -0.1) is 0 Å². The highest BCUT2D eigenvalue weighted by atomic mass is 32.2. The van der Waals surface area contributed by atoms with E-state index >= 15 is 0 Å². The van der Waals surface area contributed by atoms with Crippen LogP contribution in [0.3, 0.4) is 0 Å². The Balaban J connectivity index is 3.01. The first-order chi connectivity index (χ1) is 9.81. The van der Waals surface area contributed by atoms with Gasteiger partial charge in [-0.2, -0.15) is 0 Å². The number of sulfonamides is 1.